The number of likely N-dealkylation sites (tertiary alicyclic amines) is 2. The zero-order valence-corrected chi connectivity index (χ0v) is 46.1. The summed E-state index contributed by atoms with van der Waals surface area (Å²) in [4.78, 5) is 43.4. The minimum absolute atomic E-state index is 0.0391. The normalized spacial score (nSPS) is 16.1. The number of hydrogen-bond acceptors (Lipinski definition) is 8. The van der Waals surface area contributed by atoms with E-state index in [9.17, 15) is 28.6 Å². The summed E-state index contributed by atoms with van der Waals surface area (Å²) in [5.41, 5.74) is 7.78. The number of alkyl halides is 1. The van der Waals surface area contributed by atoms with Crippen molar-refractivity contribution in [1.29, 1.82) is 0 Å². The number of ether oxygens (including phenoxy) is 2. The van der Waals surface area contributed by atoms with Gasteiger partial charge in [0.25, 0.3) is 11.8 Å². The number of nitrogens with one attached hydrogen (secondary N) is 1. The molecule has 2 aromatic heterocycles. The Balaban J connectivity index is 0.000000162. The van der Waals surface area contributed by atoms with Crippen LogP contribution in [0.4, 0.5) is 8.78 Å². The van der Waals surface area contributed by atoms with Crippen LogP contribution in [0, 0.1) is 23.5 Å². The van der Waals surface area contributed by atoms with E-state index < -0.39 is 0 Å². The van der Waals surface area contributed by atoms with Crippen LogP contribution >= 0.6 is 15.9 Å². The average molecular weight is 1140 g/mol. The summed E-state index contributed by atoms with van der Waals surface area (Å²) in [6.45, 7) is 3.51. The van der Waals surface area contributed by atoms with E-state index in [1.165, 1.54) is 73.6 Å². The van der Waals surface area contributed by atoms with Crippen LogP contribution < -0.4 is 9.47 Å². The van der Waals surface area contributed by atoms with Gasteiger partial charge in [0.1, 0.15) is 48.0 Å². The number of benzene rings is 6. The molecular weight excluding hydrogens is 1070 g/mol. The van der Waals surface area contributed by atoms with Crippen molar-refractivity contribution in [2.45, 2.75) is 109 Å². The summed E-state index contributed by atoms with van der Waals surface area (Å²) < 4.78 is 40.9. The first kappa shape index (κ1) is 55.4. The number of aliphatic hydroxyl groups excluding tert-OH is 2. The summed E-state index contributed by atoms with van der Waals surface area (Å²) in [6, 6.07) is 39.0. The van der Waals surface area contributed by atoms with Crippen LogP contribution in [0.15, 0.2) is 133 Å². The number of hydrogen-bond donors (Lipinski definition) is 3. The van der Waals surface area contributed by atoms with Crippen molar-refractivity contribution in [2.24, 2.45) is 11.8 Å². The average Bonchev–Trinajstić information content (AvgIpc) is 4.16. The van der Waals surface area contributed by atoms with E-state index in [0.717, 1.165) is 72.3 Å². The number of imidazole rings is 2. The lowest BCUT2D eigenvalue weighted by Gasteiger charge is -2.33. The van der Waals surface area contributed by atoms with Crippen molar-refractivity contribution in [3.63, 3.8) is 0 Å². The molecule has 4 aliphatic rings. The van der Waals surface area contributed by atoms with E-state index in [1.54, 1.807) is 60.7 Å². The zero-order chi connectivity index (χ0) is 54.7. The molecule has 79 heavy (non-hydrogen) atoms. The summed E-state index contributed by atoms with van der Waals surface area (Å²) >= 11 is 3.43. The standard InChI is InChI=1S/C32H34FN3O3.C27H26FN3O3.C5H9Br/c33-27-8-4-7-23(17-27)21-39-30-12-11-25(18-26(30)20-37)32(38)35-15-13-24(14-16-35)31-34-28-9-1-2-10-29(28)36(31)19-22-5-3-6-22;28-22-5-3-4-18(14-22)17-34-25-9-8-20(15-21(25)16-32)27(33)31-12-10-19(11-13-31)26-29-23-6-1-2-7-24(23)30-26;6-4-5-2-1-3-5/h1-2,4,7-12,17-18,22,24,37H,3,5-6,13-16,19-21H2;1-9,14-15,19,32H,10-13,16-17H2,(H,29,30);5H,1-4H2. The van der Waals surface area contributed by atoms with E-state index >= 15 is 0 Å². The number of aliphatic hydroxyl groups is 2. The van der Waals surface area contributed by atoms with Gasteiger partial charge in [0.15, 0.2) is 0 Å². The first-order chi connectivity index (χ1) is 38.6. The van der Waals surface area contributed by atoms with Gasteiger partial charge in [-0.25, -0.2) is 18.7 Å². The molecule has 0 atom stereocenters. The van der Waals surface area contributed by atoms with Gasteiger partial charge in [0.2, 0.25) is 0 Å². The fraction of sp³-hybridized carbons (Fsp3) is 0.375. The molecule has 8 aromatic rings. The molecule has 2 saturated heterocycles. The number of halogens is 3. The Bertz CT molecular complexity index is 3310. The summed E-state index contributed by atoms with van der Waals surface area (Å²) in [7, 11) is 0. The highest BCUT2D eigenvalue weighted by Gasteiger charge is 2.31. The molecule has 0 spiro atoms. The molecule has 412 valence electrons. The molecule has 0 bridgehead atoms. The molecule has 3 N–H and O–H groups in total. The Hall–Kier alpha value is -6.94. The first-order valence-electron chi connectivity index (χ1n) is 27.9. The summed E-state index contributed by atoms with van der Waals surface area (Å²) in [5, 5.41) is 21.0. The number of carbonyl (C=O) groups is 2. The van der Waals surface area contributed by atoms with Gasteiger partial charge in [0.05, 0.1) is 35.3 Å². The lowest BCUT2D eigenvalue weighted by molar-refractivity contribution is 0.0703. The van der Waals surface area contributed by atoms with Gasteiger partial charge in [-0.1, -0.05) is 77.3 Å². The highest BCUT2D eigenvalue weighted by molar-refractivity contribution is 9.09. The van der Waals surface area contributed by atoms with E-state index in [0.29, 0.717) is 82.9 Å². The Morgan fingerprint density at radius 2 is 1.10 bits per heavy atom. The number of H-pyrrole nitrogens is 1. The minimum Gasteiger partial charge on any atom is -0.489 e. The molecule has 12 nitrogen and oxygen atoms in total. The van der Waals surface area contributed by atoms with Crippen molar-refractivity contribution in [2.75, 3.05) is 31.5 Å². The molecule has 12 rings (SSSR count). The number of para-hydroxylation sites is 4. The lowest BCUT2D eigenvalue weighted by atomic mass is 9.85. The SMILES string of the molecule is BrCC1CCC1.O=C(c1ccc(OCc2cccc(F)c2)c(CO)c1)N1CCC(c2nc3ccccc3[nH]2)CC1.O=C(c1ccc(OCc2cccc(F)c2)c(CO)c1)N1CCC(c2nc3ccccc3n2CC2CCC2)CC1. The third kappa shape index (κ3) is 13.7. The molecule has 4 fully saturated rings. The smallest absolute Gasteiger partial charge is 0.253 e. The second-order valence-electron chi connectivity index (χ2n) is 21.4. The van der Waals surface area contributed by atoms with Gasteiger partial charge < -0.3 is 39.0 Å². The molecule has 6 aromatic carbocycles. The number of piperidine rings is 2. The van der Waals surface area contributed by atoms with Crippen LogP contribution in [0.1, 0.15) is 131 Å². The summed E-state index contributed by atoms with van der Waals surface area (Å²) in [5.74, 6) is 4.76. The van der Waals surface area contributed by atoms with Crippen LogP contribution in [0.2, 0.25) is 0 Å². The van der Waals surface area contributed by atoms with Gasteiger partial charge in [-0.2, -0.15) is 0 Å². The van der Waals surface area contributed by atoms with Gasteiger partial charge in [0, 0.05) is 72.1 Å². The maximum atomic E-state index is 13.5. The number of rotatable bonds is 15. The minimum atomic E-state index is -0.325. The molecular formula is C64H69BrF2N6O6. The van der Waals surface area contributed by atoms with Crippen LogP contribution in [0.5, 0.6) is 11.5 Å². The second kappa shape index (κ2) is 26.3. The Morgan fingerprint density at radius 1 is 0.582 bits per heavy atom. The largest absolute Gasteiger partial charge is 0.489 e. The topological polar surface area (TPSA) is 146 Å². The van der Waals surface area contributed by atoms with Gasteiger partial charge in [-0.3, -0.25) is 9.59 Å². The molecule has 0 unspecified atom stereocenters. The molecule has 0 radical (unpaired) electrons. The molecule has 2 aliphatic carbocycles. The Morgan fingerprint density at radius 3 is 1.58 bits per heavy atom. The number of aromatic nitrogens is 4. The predicted molar refractivity (Wildman–Crippen MR) is 306 cm³/mol. The maximum absolute atomic E-state index is 13.5. The second-order valence-corrected chi connectivity index (χ2v) is 22.0. The predicted octanol–water partition coefficient (Wildman–Crippen LogP) is 13.0. The highest BCUT2D eigenvalue weighted by atomic mass is 79.9. The monoisotopic (exact) mass is 1130 g/mol. The lowest BCUT2D eigenvalue weighted by Crippen LogP contribution is -2.38. The Labute approximate surface area is 468 Å². The summed E-state index contributed by atoms with van der Waals surface area (Å²) in [6.07, 6.45) is 11.7. The molecule has 15 heteroatoms. The number of fused-ring (bicyclic) bond motifs is 2. The Kier molecular flexibility index (Phi) is 18.5. The van der Waals surface area contributed by atoms with Crippen LogP contribution in [0.3, 0.4) is 0 Å². The van der Waals surface area contributed by atoms with E-state index in [2.05, 4.69) is 43.7 Å². The number of amides is 2. The van der Waals surface area contributed by atoms with E-state index in [4.69, 9.17) is 19.4 Å². The van der Waals surface area contributed by atoms with Gasteiger partial charge in [-0.15, -0.1) is 0 Å². The van der Waals surface area contributed by atoms with Crippen molar-refractivity contribution < 1.29 is 38.1 Å². The first-order valence-corrected chi connectivity index (χ1v) is 29.0. The van der Waals surface area contributed by atoms with Crippen molar-refractivity contribution >= 4 is 49.8 Å². The van der Waals surface area contributed by atoms with Crippen LogP contribution in [-0.4, -0.2) is 82.9 Å². The fourth-order valence-electron chi connectivity index (χ4n) is 10.9. The van der Waals surface area contributed by atoms with Crippen molar-refractivity contribution in [1.82, 2.24) is 29.3 Å². The molecule has 2 saturated carbocycles. The quantitative estimate of drug-likeness (QED) is 0.0860. The van der Waals surface area contributed by atoms with E-state index in [1.807, 2.05) is 40.1 Å². The number of carbonyl (C=O) groups excluding carboxylic acids is 2. The highest BCUT2D eigenvalue weighted by Crippen LogP contribution is 2.36. The van der Waals surface area contributed by atoms with Crippen LogP contribution in [-0.2, 0) is 33.0 Å². The molecule has 2 aliphatic heterocycles. The third-order valence-electron chi connectivity index (χ3n) is 16.0. The van der Waals surface area contributed by atoms with Gasteiger partial charge >= 0.3 is 0 Å². The number of aromatic amines is 1. The zero-order valence-electron chi connectivity index (χ0n) is 44.6. The van der Waals surface area contributed by atoms with E-state index in [-0.39, 0.29) is 49.9 Å². The van der Waals surface area contributed by atoms with Crippen molar-refractivity contribution in [3.8, 4) is 11.5 Å². The molecule has 2 amide bonds. The number of nitrogens with zero attached hydrogens (tertiary/aromatic N) is 5. The maximum Gasteiger partial charge on any atom is 0.253 e. The van der Waals surface area contributed by atoms with Crippen LogP contribution in [0.25, 0.3) is 22.1 Å². The third-order valence-corrected chi connectivity index (χ3v) is 17.0. The van der Waals surface area contributed by atoms with Gasteiger partial charge in [-0.05, 0) is 159 Å². The molecule has 4 heterocycles. The fourth-order valence-corrected chi connectivity index (χ4v) is 11.6. The van der Waals surface area contributed by atoms with Crippen molar-refractivity contribution in [3.05, 3.63) is 190 Å².